The zero-order chi connectivity index (χ0) is 22.3. The third kappa shape index (κ3) is 2.34. The van der Waals surface area contributed by atoms with Gasteiger partial charge >= 0.3 is 0 Å². The zero-order valence-electron chi connectivity index (χ0n) is 20.1. The Labute approximate surface area is 165 Å². The number of pyridine rings is 2. The van der Waals surface area contributed by atoms with Gasteiger partial charge in [-0.2, -0.15) is 4.57 Å². The van der Waals surface area contributed by atoms with Gasteiger partial charge in [0.25, 0.3) is 0 Å². The molecular weight excluding hydrogens is 332 g/mol. The maximum Gasteiger partial charge on any atom is 0.227 e. The Morgan fingerprint density at radius 1 is 1.15 bits per heavy atom. The largest absolute Gasteiger partial charge is 0.437 e. The molecule has 1 aromatic carbocycles. The highest BCUT2D eigenvalue weighted by Gasteiger charge is 2.32. The first-order valence-corrected chi connectivity index (χ1v) is 9.39. The lowest BCUT2D eigenvalue weighted by Crippen LogP contribution is -2.32. The number of hydrogen-bond acceptors (Lipinski definition) is 2. The number of rotatable bonds is 2. The van der Waals surface area contributed by atoms with Gasteiger partial charge in [0.15, 0.2) is 18.3 Å². The molecule has 0 saturated heterocycles. The van der Waals surface area contributed by atoms with Crippen LogP contribution < -0.4 is 4.57 Å². The van der Waals surface area contributed by atoms with Gasteiger partial charge in [0.2, 0.25) is 11.4 Å². The van der Waals surface area contributed by atoms with Crippen LogP contribution in [0.2, 0.25) is 0 Å². The summed E-state index contributed by atoms with van der Waals surface area (Å²) in [7, 11) is 0. The average molecular weight is 362 g/mol. The van der Waals surface area contributed by atoms with Crippen molar-refractivity contribution in [1.29, 1.82) is 0 Å². The molecular formula is C24H25N2O+. The average Bonchev–Trinajstić information content (AvgIpc) is 3.22. The van der Waals surface area contributed by atoms with Crippen molar-refractivity contribution < 1.29 is 14.5 Å². The summed E-state index contributed by atoms with van der Waals surface area (Å²) < 4.78 is 40.8. The van der Waals surface area contributed by atoms with Gasteiger partial charge in [-0.1, -0.05) is 33.8 Å². The van der Waals surface area contributed by atoms with Crippen LogP contribution in [0.3, 0.4) is 0 Å². The minimum atomic E-state index is -2.28. The Balaban J connectivity index is 1.81. The number of aromatic nitrogens is 2. The smallest absolute Gasteiger partial charge is 0.227 e. The van der Waals surface area contributed by atoms with E-state index in [9.17, 15) is 0 Å². The van der Waals surface area contributed by atoms with Crippen molar-refractivity contribution in [3.05, 3.63) is 58.9 Å². The summed E-state index contributed by atoms with van der Waals surface area (Å²) in [4.78, 5) is 4.72. The van der Waals surface area contributed by atoms with Crippen LogP contribution in [0.4, 0.5) is 0 Å². The quantitative estimate of drug-likeness (QED) is 0.369. The molecule has 4 heterocycles. The first kappa shape index (κ1) is 12.7. The van der Waals surface area contributed by atoms with Gasteiger partial charge in [-0.15, -0.1) is 0 Å². The maximum atomic E-state index is 8.56. The summed E-state index contributed by atoms with van der Waals surface area (Å²) in [5, 5.41) is 1.97. The van der Waals surface area contributed by atoms with Crippen molar-refractivity contribution in [2.24, 2.45) is 0 Å². The standard InChI is InChI=1S/C24H25N2O/c1-13(2)19-10-21-22-16(12-26(21)11-15(19)5)6-7-17-18-8-9-20(14(3)4)25-24(18)27-23(17)22/h6-11,13-14H,12H2,1-5H3/q+1/i5D3,13D. The van der Waals surface area contributed by atoms with E-state index in [2.05, 4.69) is 32.0 Å². The normalized spacial score (nSPS) is 16.2. The van der Waals surface area contributed by atoms with Gasteiger partial charge in [0, 0.05) is 39.1 Å². The van der Waals surface area contributed by atoms with Gasteiger partial charge in [0.1, 0.15) is 0 Å². The molecule has 1 aliphatic heterocycles. The molecule has 0 saturated carbocycles. The highest BCUT2D eigenvalue weighted by molar-refractivity contribution is 6.09. The highest BCUT2D eigenvalue weighted by atomic mass is 16.3. The van der Waals surface area contributed by atoms with Crippen LogP contribution in [-0.2, 0) is 6.54 Å². The number of furan rings is 1. The van der Waals surface area contributed by atoms with Crippen LogP contribution in [0.1, 0.15) is 67.4 Å². The Bertz CT molecular complexity index is 1360. The van der Waals surface area contributed by atoms with Crippen molar-refractivity contribution >= 4 is 22.1 Å². The summed E-state index contributed by atoms with van der Waals surface area (Å²) in [5.41, 5.74) is 6.03. The predicted molar refractivity (Wildman–Crippen MR) is 109 cm³/mol. The predicted octanol–water partition coefficient (Wildman–Crippen LogP) is 5.85. The SMILES string of the molecule is [2H]C([2H])([2H])c1c[n+]2c(cc1C([2H])(C)C)-c1c(ccc3c1oc1nc(C(C)C)ccc13)C2. The summed E-state index contributed by atoms with van der Waals surface area (Å²) >= 11 is 0. The fraction of sp³-hybridized carbons (Fsp3) is 0.333. The van der Waals surface area contributed by atoms with E-state index in [1.165, 1.54) is 0 Å². The fourth-order valence-electron chi connectivity index (χ4n) is 4.05. The van der Waals surface area contributed by atoms with Crippen molar-refractivity contribution in [2.75, 3.05) is 0 Å². The second-order valence-electron chi connectivity index (χ2n) is 7.94. The van der Waals surface area contributed by atoms with Gasteiger partial charge < -0.3 is 4.42 Å². The molecule has 0 N–H and O–H groups in total. The third-order valence-electron chi connectivity index (χ3n) is 5.51. The Kier molecular flexibility index (Phi) is 2.65. The first-order chi connectivity index (χ1) is 14.4. The summed E-state index contributed by atoms with van der Waals surface area (Å²) in [6.45, 7) is 5.95. The van der Waals surface area contributed by atoms with Crippen molar-refractivity contribution in [2.45, 2.75) is 52.9 Å². The molecule has 3 aromatic heterocycles. The van der Waals surface area contributed by atoms with Gasteiger partial charge in [-0.25, -0.2) is 4.98 Å². The summed E-state index contributed by atoms with van der Waals surface area (Å²) in [6.07, 6.45) is 1.69. The number of fused-ring (bicyclic) bond motifs is 7. The third-order valence-corrected chi connectivity index (χ3v) is 5.51. The van der Waals surface area contributed by atoms with E-state index in [1.54, 1.807) is 20.0 Å². The highest BCUT2D eigenvalue weighted by Crippen LogP contribution is 2.40. The molecule has 0 atom stereocenters. The molecule has 3 heteroatoms. The van der Waals surface area contributed by atoms with E-state index in [4.69, 9.17) is 14.9 Å². The minimum absolute atomic E-state index is 0.230. The molecule has 0 radical (unpaired) electrons. The Morgan fingerprint density at radius 2 is 1.96 bits per heavy atom. The van der Waals surface area contributed by atoms with Crippen LogP contribution in [0.5, 0.6) is 0 Å². The lowest BCUT2D eigenvalue weighted by molar-refractivity contribution is -0.672. The van der Waals surface area contributed by atoms with E-state index in [0.29, 0.717) is 23.7 Å². The lowest BCUT2D eigenvalue weighted by atomic mass is 9.96. The van der Waals surface area contributed by atoms with E-state index in [0.717, 1.165) is 38.9 Å². The minimum Gasteiger partial charge on any atom is -0.437 e. The molecule has 4 aromatic rings. The monoisotopic (exact) mass is 361 g/mol. The van der Waals surface area contributed by atoms with E-state index in [-0.39, 0.29) is 5.56 Å². The summed E-state index contributed by atoms with van der Waals surface area (Å²) in [6, 6.07) is 10.1. The van der Waals surface area contributed by atoms with Gasteiger partial charge in [0.05, 0.1) is 5.56 Å². The Hall–Kier alpha value is -2.68. The van der Waals surface area contributed by atoms with Gasteiger partial charge in [-0.3, -0.25) is 0 Å². The zero-order valence-corrected chi connectivity index (χ0v) is 16.1. The molecule has 0 spiro atoms. The molecule has 0 bridgehead atoms. The molecule has 1 aliphatic rings. The maximum absolute atomic E-state index is 8.56. The van der Waals surface area contributed by atoms with Crippen LogP contribution in [0.15, 0.2) is 40.9 Å². The molecule has 0 amide bonds. The van der Waals surface area contributed by atoms with Crippen molar-refractivity contribution in [1.82, 2.24) is 4.98 Å². The molecule has 27 heavy (non-hydrogen) atoms. The van der Waals surface area contributed by atoms with E-state index >= 15 is 0 Å². The Morgan fingerprint density at radius 3 is 2.70 bits per heavy atom. The van der Waals surface area contributed by atoms with E-state index < -0.39 is 12.7 Å². The molecule has 0 aliphatic carbocycles. The van der Waals surface area contributed by atoms with Gasteiger partial charge in [-0.05, 0) is 42.4 Å². The number of benzene rings is 1. The molecule has 5 rings (SSSR count). The topological polar surface area (TPSA) is 29.9 Å². The van der Waals surface area contributed by atoms with E-state index in [1.807, 2.05) is 16.7 Å². The fourth-order valence-corrected chi connectivity index (χ4v) is 4.05. The number of hydrogen-bond donors (Lipinski definition) is 0. The molecule has 0 fully saturated rings. The molecule has 136 valence electrons. The van der Waals surface area contributed by atoms with Crippen LogP contribution >= 0.6 is 0 Å². The lowest BCUT2D eigenvalue weighted by Gasteiger charge is -2.08. The van der Waals surface area contributed by atoms with Crippen LogP contribution in [0.25, 0.3) is 33.3 Å². The van der Waals surface area contributed by atoms with Crippen LogP contribution in [-0.4, -0.2) is 4.98 Å². The second kappa shape index (κ2) is 5.66. The molecule has 0 unspecified atom stereocenters. The van der Waals surface area contributed by atoms with Crippen LogP contribution in [0, 0.1) is 6.85 Å². The first-order valence-electron chi connectivity index (χ1n) is 11.4. The molecule has 3 nitrogen and oxygen atoms in total. The number of aryl methyl sites for hydroxylation is 1. The second-order valence-corrected chi connectivity index (χ2v) is 7.94. The van der Waals surface area contributed by atoms with Crippen molar-refractivity contribution in [3.63, 3.8) is 0 Å². The number of nitrogens with zero attached hydrogens (tertiary/aromatic N) is 2. The summed E-state index contributed by atoms with van der Waals surface area (Å²) in [5.74, 6) is -0.739. The van der Waals surface area contributed by atoms with Crippen molar-refractivity contribution in [3.8, 4) is 11.3 Å².